The van der Waals surface area contributed by atoms with Gasteiger partial charge in [-0.3, -0.25) is 9.59 Å². The minimum atomic E-state index is -0.286. The van der Waals surface area contributed by atoms with Crippen molar-refractivity contribution in [2.45, 2.75) is 38.5 Å². The van der Waals surface area contributed by atoms with Crippen molar-refractivity contribution in [2.75, 3.05) is 19.6 Å². The van der Waals surface area contributed by atoms with Crippen molar-refractivity contribution in [1.82, 2.24) is 10.2 Å². The molecule has 24 heavy (non-hydrogen) atoms. The first-order chi connectivity index (χ1) is 11.6. The number of carbonyl (C=O) groups is 2. The number of likely N-dealkylation sites (tertiary alicyclic amines) is 1. The summed E-state index contributed by atoms with van der Waals surface area (Å²) >= 11 is 0. The van der Waals surface area contributed by atoms with Crippen LogP contribution in [-0.2, 0) is 9.59 Å². The summed E-state index contributed by atoms with van der Waals surface area (Å²) in [5, 5.41) is 2.99. The van der Waals surface area contributed by atoms with Crippen molar-refractivity contribution in [3.8, 4) is 0 Å². The fourth-order valence-corrected chi connectivity index (χ4v) is 3.41. The number of nitrogens with zero attached hydrogens (tertiary/aromatic N) is 1. The summed E-state index contributed by atoms with van der Waals surface area (Å²) in [6, 6.07) is 6.31. The molecule has 2 fully saturated rings. The van der Waals surface area contributed by atoms with Crippen molar-refractivity contribution in [3.63, 3.8) is 0 Å². The molecule has 5 heteroatoms. The van der Waals surface area contributed by atoms with E-state index < -0.39 is 0 Å². The molecule has 2 aliphatic rings. The van der Waals surface area contributed by atoms with Crippen LogP contribution >= 0.6 is 0 Å². The SMILES string of the molecule is CCCCNC(=O)[C@H]1CN(C(=O)C2CC2)C[C@@H]1c1ccc(F)cc1. The summed E-state index contributed by atoms with van der Waals surface area (Å²) in [6.07, 6.45) is 3.90. The normalized spacial score (nSPS) is 23.3. The Labute approximate surface area is 142 Å². The molecular formula is C19H25FN2O2. The standard InChI is InChI=1S/C19H25FN2O2/c1-2-3-10-21-18(23)17-12-22(19(24)14-4-5-14)11-16(17)13-6-8-15(20)9-7-13/h6-9,14,16-17H,2-5,10-12H2,1H3,(H,21,23)/t16-,17+/m1/s1. The lowest BCUT2D eigenvalue weighted by atomic mass is 9.88. The van der Waals surface area contributed by atoms with E-state index in [2.05, 4.69) is 12.2 Å². The lowest BCUT2D eigenvalue weighted by Crippen LogP contribution is -2.36. The Hall–Kier alpha value is -1.91. The van der Waals surface area contributed by atoms with E-state index in [1.807, 2.05) is 4.90 Å². The van der Waals surface area contributed by atoms with E-state index in [1.54, 1.807) is 12.1 Å². The Morgan fingerprint density at radius 3 is 2.54 bits per heavy atom. The molecule has 0 radical (unpaired) electrons. The van der Waals surface area contributed by atoms with Crippen LogP contribution in [0.15, 0.2) is 24.3 Å². The Balaban J connectivity index is 1.74. The molecule has 2 amide bonds. The van der Waals surface area contributed by atoms with Gasteiger partial charge in [0, 0.05) is 31.5 Å². The third kappa shape index (κ3) is 3.77. The minimum absolute atomic E-state index is 0.00359. The summed E-state index contributed by atoms with van der Waals surface area (Å²) in [6.45, 7) is 3.76. The largest absolute Gasteiger partial charge is 0.356 e. The van der Waals surface area contributed by atoms with Gasteiger partial charge in [-0.2, -0.15) is 0 Å². The zero-order valence-electron chi connectivity index (χ0n) is 14.1. The first kappa shape index (κ1) is 16.9. The lowest BCUT2D eigenvalue weighted by Gasteiger charge is -2.18. The van der Waals surface area contributed by atoms with E-state index in [4.69, 9.17) is 0 Å². The fourth-order valence-electron chi connectivity index (χ4n) is 3.41. The van der Waals surface area contributed by atoms with Gasteiger partial charge in [0.05, 0.1) is 5.92 Å². The second kappa shape index (κ2) is 7.32. The third-order valence-electron chi connectivity index (χ3n) is 5.02. The highest BCUT2D eigenvalue weighted by Crippen LogP contribution is 2.37. The Kier molecular flexibility index (Phi) is 5.17. The van der Waals surface area contributed by atoms with Gasteiger partial charge in [-0.1, -0.05) is 25.5 Å². The monoisotopic (exact) mass is 332 g/mol. The predicted molar refractivity (Wildman–Crippen MR) is 89.9 cm³/mol. The first-order valence-electron chi connectivity index (χ1n) is 8.92. The summed E-state index contributed by atoms with van der Waals surface area (Å²) in [5.74, 6) is -0.271. The van der Waals surface area contributed by atoms with E-state index in [0.717, 1.165) is 31.2 Å². The van der Waals surface area contributed by atoms with Gasteiger partial charge in [-0.25, -0.2) is 4.39 Å². The molecule has 1 saturated heterocycles. The summed E-state index contributed by atoms with van der Waals surface area (Å²) in [5.41, 5.74) is 0.929. The molecule has 1 heterocycles. The van der Waals surface area contributed by atoms with Crippen molar-refractivity contribution < 1.29 is 14.0 Å². The maximum absolute atomic E-state index is 13.2. The molecule has 1 aromatic rings. The van der Waals surface area contributed by atoms with Gasteiger partial charge in [-0.05, 0) is 37.0 Å². The molecule has 1 N–H and O–H groups in total. The minimum Gasteiger partial charge on any atom is -0.356 e. The number of carbonyl (C=O) groups excluding carboxylic acids is 2. The maximum Gasteiger partial charge on any atom is 0.225 e. The summed E-state index contributed by atoms with van der Waals surface area (Å²) < 4.78 is 13.2. The average molecular weight is 332 g/mol. The Morgan fingerprint density at radius 2 is 1.92 bits per heavy atom. The first-order valence-corrected chi connectivity index (χ1v) is 8.92. The molecule has 3 rings (SSSR count). The van der Waals surface area contributed by atoms with E-state index in [-0.39, 0.29) is 35.4 Å². The summed E-state index contributed by atoms with van der Waals surface area (Å²) in [7, 11) is 0. The topological polar surface area (TPSA) is 49.4 Å². The number of rotatable bonds is 6. The van der Waals surface area contributed by atoms with Gasteiger partial charge in [0.15, 0.2) is 0 Å². The van der Waals surface area contributed by atoms with Gasteiger partial charge in [0.25, 0.3) is 0 Å². The number of hydrogen-bond donors (Lipinski definition) is 1. The van der Waals surface area contributed by atoms with Crippen LogP contribution in [0.25, 0.3) is 0 Å². The van der Waals surface area contributed by atoms with Crippen LogP contribution in [0.3, 0.4) is 0 Å². The van der Waals surface area contributed by atoms with Crippen LogP contribution in [0.5, 0.6) is 0 Å². The molecule has 0 unspecified atom stereocenters. The molecule has 130 valence electrons. The van der Waals surface area contributed by atoms with Crippen LogP contribution < -0.4 is 5.32 Å². The Morgan fingerprint density at radius 1 is 1.21 bits per heavy atom. The molecule has 1 saturated carbocycles. The molecule has 0 spiro atoms. The number of nitrogens with one attached hydrogen (secondary N) is 1. The third-order valence-corrected chi connectivity index (χ3v) is 5.02. The van der Waals surface area contributed by atoms with Crippen molar-refractivity contribution in [1.29, 1.82) is 0 Å². The van der Waals surface area contributed by atoms with E-state index in [0.29, 0.717) is 19.6 Å². The molecule has 4 nitrogen and oxygen atoms in total. The smallest absolute Gasteiger partial charge is 0.225 e. The van der Waals surface area contributed by atoms with E-state index in [1.165, 1.54) is 12.1 Å². The van der Waals surface area contributed by atoms with Crippen LogP contribution in [0, 0.1) is 17.7 Å². The van der Waals surface area contributed by atoms with E-state index >= 15 is 0 Å². The maximum atomic E-state index is 13.2. The highest BCUT2D eigenvalue weighted by Gasteiger charge is 2.43. The quantitative estimate of drug-likeness (QED) is 0.814. The van der Waals surface area contributed by atoms with Crippen LogP contribution in [0.1, 0.15) is 44.1 Å². The van der Waals surface area contributed by atoms with Crippen molar-refractivity contribution in [3.05, 3.63) is 35.6 Å². The van der Waals surface area contributed by atoms with Gasteiger partial charge in [-0.15, -0.1) is 0 Å². The lowest BCUT2D eigenvalue weighted by molar-refractivity contribution is -0.132. The summed E-state index contributed by atoms with van der Waals surface area (Å²) in [4.78, 5) is 26.8. The van der Waals surface area contributed by atoms with Crippen LogP contribution in [-0.4, -0.2) is 36.3 Å². The molecule has 0 bridgehead atoms. The van der Waals surface area contributed by atoms with Crippen LogP contribution in [0.2, 0.25) is 0 Å². The van der Waals surface area contributed by atoms with Crippen LogP contribution in [0.4, 0.5) is 4.39 Å². The van der Waals surface area contributed by atoms with Gasteiger partial charge in [0.1, 0.15) is 5.82 Å². The van der Waals surface area contributed by atoms with Crippen molar-refractivity contribution in [2.24, 2.45) is 11.8 Å². The number of halogens is 1. The molecular weight excluding hydrogens is 307 g/mol. The molecule has 2 atom stereocenters. The predicted octanol–water partition coefficient (Wildman–Crippen LogP) is 2.69. The average Bonchev–Trinajstić information content (AvgIpc) is 3.33. The highest BCUT2D eigenvalue weighted by atomic mass is 19.1. The number of hydrogen-bond acceptors (Lipinski definition) is 2. The Bertz CT molecular complexity index is 598. The number of benzene rings is 1. The zero-order valence-corrected chi connectivity index (χ0v) is 14.1. The van der Waals surface area contributed by atoms with Gasteiger partial charge < -0.3 is 10.2 Å². The fraction of sp³-hybridized carbons (Fsp3) is 0.579. The van der Waals surface area contributed by atoms with Gasteiger partial charge in [0.2, 0.25) is 11.8 Å². The zero-order chi connectivity index (χ0) is 17.1. The second-order valence-electron chi connectivity index (χ2n) is 6.93. The molecule has 1 aromatic carbocycles. The number of unbranched alkanes of at least 4 members (excludes halogenated alkanes) is 1. The molecule has 0 aromatic heterocycles. The second-order valence-corrected chi connectivity index (χ2v) is 6.93. The highest BCUT2D eigenvalue weighted by molar-refractivity contribution is 5.85. The molecule has 1 aliphatic carbocycles. The van der Waals surface area contributed by atoms with E-state index in [9.17, 15) is 14.0 Å². The van der Waals surface area contributed by atoms with Crippen molar-refractivity contribution >= 4 is 11.8 Å². The molecule has 1 aliphatic heterocycles. The number of amides is 2. The van der Waals surface area contributed by atoms with Gasteiger partial charge >= 0.3 is 0 Å².